The molecule has 0 spiro atoms. The van der Waals surface area contributed by atoms with Gasteiger partial charge in [0, 0.05) is 38.5 Å². The van der Waals surface area contributed by atoms with Crippen LogP contribution in [0.4, 0.5) is 19.0 Å². The molecule has 1 aromatic carbocycles. The smallest absolute Gasteiger partial charge is 0.416 e. The maximum atomic E-state index is 13.2. The summed E-state index contributed by atoms with van der Waals surface area (Å²) < 4.78 is 39.9. The van der Waals surface area contributed by atoms with E-state index in [0.717, 1.165) is 6.07 Å². The Morgan fingerprint density at radius 1 is 1.28 bits per heavy atom. The van der Waals surface area contributed by atoms with Crippen molar-refractivity contribution >= 4 is 32.8 Å². The number of alkyl halides is 3. The van der Waals surface area contributed by atoms with E-state index in [0.29, 0.717) is 16.8 Å². The van der Waals surface area contributed by atoms with E-state index in [-0.39, 0.29) is 48.8 Å². The summed E-state index contributed by atoms with van der Waals surface area (Å²) in [7, 11) is 0. The molecule has 29 heavy (non-hydrogen) atoms. The molecular weight excluding hydrogens is 550 g/mol. The number of aryl methyl sites for hydroxylation is 1. The Bertz CT molecular complexity index is 1170. The molecule has 0 saturated heterocycles. The van der Waals surface area contributed by atoms with E-state index in [2.05, 4.69) is 42.1 Å². The number of hydrogen-bond donors (Lipinski definition) is 1. The normalized spacial score (nSPS) is 12.2. The Kier molecular flexibility index (Phi) is 7.11. The number of nitrogens with one attached hydrogen (secondary N) is 1. The molecule has 0 aliphatic heterocycles. The van der Waals surface area contributed by atoms with Crippen molar-refractivity contribution in [1.82, 2.24) is 15.0 Å². The third kappa shape index (κ3) is 4.80. The summed E-state index contributed by atoms with van der Waals surface area (Å²) in [4.78, 5) is 24.0. The van der Waals surface area contributed by atoms with Gasteiger partial charge in [-0.15, -0.1) is 6.42 Å². The van der Waals surface area contributed by atoms with Crippen LogP contribution in [0.15, 0.2) is 33.5 Å². The predicted octanol–water partition coefficient (Wildman–Crippen LogP) is 4.13. The fourth-order valence-corrected chi connectivity index (χ4v) is 3.17. The van der Waals surface area contributed by atoms with Crippen LogP contribution in [0.3, 0.4) is 0 Å². The first-order valence-electron chi connectivity index (χ1n) is 8.03. The van der Waals surface area contributed by atoms with Crippen LogP contribution in [-0.2, 0) is 33.5 Å². The molecule has 5 nitrogen and oxygen atoms in total. The number of aromatic nitrogens is 3. The number of nitrogens with zero attached hydrogens (tertiary/aromatic N) is 3. The van der Waals surface area contributed by atoms with Gasteiger partial charge in [-0.1, -0.05) is 18.1 Å². The van der Waals surface area contributed by atoms with E-state index in [9.17, 15) is 18.0 Å². The molecule has 146 valence electrons. The summed E-state index contributed by atoms with van der Waals surface area (Å²) in [6, 6.07) is 4.46. The quantitative estimate of drug-likeness (QED) is 0.384. The van der Waals surface area contributed by atoms with Crippen LogP contribution < -0.4 is 15.9 Å². The van der Waals surface area contributed by atoms with E-state index in [1.165, 1.54) is 25.1 Å². The first-order chi connectivity index (χ1) is 13.1. The van der Waals surface area contributed by atoms with Gasteiger partial charge in [0.2, 0.25) is 0 Å². The second-order valence-electron chi connectivity index (χ2n) is 6.03. The van der Waals surface area contributed by atoms with Crippen LogP contribution in [0.25, 0.3) is 11.0 Å². The predicted molar refractivity (Wildman–Crippen MR) is 103 cm³/mol. The summed E-state index contributed by atoms with van der Waals surface area (Å²) in [6.07, 6.45) is 1.12. The molecule has 3 aromatic rings. The summed E-state index contributed by atoms with van der Waals surface area (Å²) >= 11 is 3.12. The number of halogens is 4. The van der Waals surface area contributed by atoms with Gasteiger partial charge in [0.1, 0.15) is 11.9 Å². The van der Waals surface area contributed by atoms with E-state index in [4.69, 9.17) is 6.42 Å². The van der Waals surface area contributed by atoms with Crippen molar-refractivity contribution < 1.29 is 40.5 Å². The Labute approximate surface area is 192 Å². The molecule has 0 aliphatic rings. The minimum absolute atomic E-state index is 0. The largest absolute Gasteiger partial charge is 0.423 e. The average Bonchev–Trinajstić information content (AvgIpc) is 2.60. The van der Waals surface area contributed by atoms with Crippen molar-refractivity contribution in [2.75, 3.05) is 5.32 Å². The van der Waals surface area contributed by atoms with Crippen molar-refractivity contribution in [1.29, 1.82) is 0 Å². The molecule has 0 amide bonds. The first kappa shape index (κ1) is 23.3. The molecule has 0 fully saturated rings. The Morgan fingerprint density at radius 2 is 1.97 bits per heavy atom. The van der Waals surface area contributed by atoms with Crippen molar-refractivity contribution in [2.45, 2.75) is 26.1 Å². The number of fused-ring (bicyclic) bond motifs is 1. The minimum atomic E-state index is -4.49. The Hall–Kier alpha value is -1.94. The molecule has 0 bridgehead atoms. The fraction of sp³-hybridized carbons (Fsp3) is 0.211. The van der Waals surface area contributed by atoms with Crippen LogP contribution in [0.1, 0.15) is 28.6 Å². The molecule has 10 heteroatoms. The molecule has 0 radical (unpaired) electrons. The van der Waals surface area contributed by atoms with Gasteiger partial charge in [-0.2, -0.15) is 13.2 Å². The van der Waals surface area contributed by atoms with Crippen molar-refractivity contribution in [3.05, 3.63) is 61.6 Å². The zero-order chi connectivity index (χ0) is 20.6. The maximum Gasteiger partial charge on any atom is 0.416 e. The van der Waals surface area contributed by atoms with Gasteiger partial charge in [0.25, 0.3) is 0 Å². The van der Waals surface area contributed by atoms with Crippen molar-refractivity contribution in [2.24, 2.45) is 0 Å². The van der Waals surface area contributed by atoms with Gasteiger partial charge in [-0.3, -0.25) is 4.79 Å². The molecule has 2 heterocycles. The van der Waals surface area contributed by atoms with Gasteiger partial charge in [0.05, 0.1) is 10.0 Å². The molecule has 2 aromatic heterocycles. The monoisotopic (exact) mass is 563 g/mol. The topological polar surface area (TPSA) is 69.0 Å². The van der Waals surface area contributed by atoms with Gasteiger partial charge < -0.3 is 15.3 Å². The Balaban J connectivity index is 0.00000300. The third-order valence-corrected chi connectivity index (χ3v) is 4.73. The van der Waals surface area contributed by atoms with Gasteiger partial charge >= 0.3 is 6.18 Å². The first-order valence-corrected chi connectivity index (χ1v) is 8.82. The zero-order valence-electron chi connectivity index (χ0n) is 15.4. The molecule has 3 rings (SSSR count). The number of pyridine rings is 1. The summed E-state index contributed by atoms with van der Waals surface area (Å²) in [5, 5.41) is 3.40. The SMILES string of the molecule is C#C[C@@H](Nc1nc(C)nc2[n-]c(=O)c(Br)cc12)c1cccc(C(F)(F)F)c1C.[Cd]. The molecular formula is C19H13BrCdF3N4O-. The summed E-state index contributed by atoms with van der Waals surface area (Å²) in [5.41, 5.74) is -0.745. The third-order valence-electron chi connectivity index (χ3n) is 4.16. The minimum Gasteiger partial charge on any atom is -0.423 e. The van der Waals surface area contributed by atoms with E-state index >= 15 is 0 Å². The van der Waals surface area contributed by atoms with Crippen LogP contribution in [0.5, 0.6) is 0 Å². The van der Waals surface area contributed by atoms with Crippen molar-refractivity contribution in [3.8, 4) is 12.3 Å². The zero-order valence-corrected chi connectivity index (χ0v) is 21.1. The molecule has 1 N–H and O–H groups in total. The van der Waals surface area contributed by atoms with Crippen LogP contribution in [-0.4, -0.2) is 9.97 Å². The van der Waals surface area contributed by atoms with Crippen LogP contribution in [0.2, 0.25) is 0 Å². The van der Waals surface area contributed by atoms with Gasteiger partial charge in [0.15, 0.2) is 5.56 Å². The number of benzene rings is 1. The summed E-state index contributed by atoms with van der Waals surface area (Å²) in [5.74, 6) is 3.07. The fourth-order valence-electron chi connectivity index (χ4n) is 2.85. The van der Waals surface area contributed by atoms with Crippen LogP contribution >= 0.6 is 15.9 Å². The number of terminal acetylenes is 1. The molecule has 1 atom stereocenters. The number of rotatable bonds is 3. The average molecular weight is 563 g/mol. The summed E-state index contributed by atoms with van der Waals surface area (Å²) in [6.45, 7) is 2.98. The number of anilines is 1. The van der Waals surface area contributed by atoms with E-state index in [1.807, 2.05) is 0 Å². The van der Waals surface area contributed by atoms with Crippen molar-refractivity contribution in [3.63, 3.8) is 0 Å². The molecule has 0 saturated carbocycles. The van der Waals surface area contributed by atoms with Gasteiger partial charge in [-0.05, 0) is 58.7 Å². The Morgan fingerprint density at radius 3 is 2.59 bits per heavy atom. The van der Waals surface area contributed by atoms with Gasteiger partial charge in [-0.25, -0.2) is 4.98 Å². The van der Waals surface area contributed by atoms with Crippen LogP contribution in [0, 0.1) is 26.2 Å². The molecule has 0 unspecified atom stereocenters. The second kappa shape index (κ2) is 8.83. The second-order valence-corrected chi connectivity index (χ2v) is 6.88. The number of hydrogen-bond acceptors (Lipinski definition) is 4. The van der Waals surface area contributed by atoms with E-state index in [1.54, 1.807) is 6.92 Å². The maximum absolute atomic E-state index is 13.2. The van der Waals surface area contributed by atoms with E-state index < -0.39 is 23.3 Å². The standard InChI is InChI=1S/C19H14BrF3N4O.Cd/c1-4-15(11-6-5-7-13(9(11)2)19(21,22)23)26-16-12-8-14(20)18(28)27-17(12)25-10(3)24-16;/h1,5-8,15H,2-3H3,(H2,24,25,26,27,28);/p-1/t15-;/m1./s1. The molecule has 0 aliphatic carbocycles.